The van der Waals surface area contributed by atoms with E-state index in [-0.39, 0.29) is 5.75 Å². The van der Waals surface area contributed by atoms with Gasteiger partial charge < -0.3 is 9.73 Å². The first-order chi connectivity index (χ1) is 14.8. The van der Waals surface area contributed by atoms with Gasteiger partial charge in [-0.1, -0.05) is 62.6 Å². The van der Waals surface area contributed by atoms with Gasteiger partial charge in [-0.2, -0.15) is 0 Å². The van der Waals surface area contributed by atoms with E-state index in [4.69, 9.17) is 4.42 Å². The average molecular weight is 447 g/mol. The van der Waals surface area contributed by atoms with Crippen LogP contribution in [0.3, 0.4) is 0 Å². The quantitative estimate of drug-likeness (QED) is 0.533. The molecule has 0 radical (unpaired) electrons. The Balaban J connectivity index is 1.44. The Bertz CT molecular complexity index is 958. The summed E-state index contributed by atoms with van der Waals surface area (Å²) in [6.07, 6.45) is 9.90. The molecule has 31 heavy (non-hydrogen) atoms. The number of carbonyl (C=O) groups excluding carboxylic acids is 1. The summed E-state index contributed by atoms with van der Waals surface area (Å²) in [5.74, 6) is 0.413. The lowest BCUT2D eigenvalue weighted by Crippen LogP contribution is -2.31. The molecule has 0 unspecified atom stereocenters. The summed E-state index contributed by atoms with van der Waals surface area (Å²) in [5, 5.41) is 2.75. The number of oxazole rings is 1. The zero-order valence-electron chi connectivity index (χ0n) is 18.7. The maximum absolute atomic E-state index is 12.5. The Labute approximate surface area is 185 Å². The fraction of sp³-hybridized carbons (Fsp3) is 0.583. The minimum absolute atomic E-state index is 0.302. The van der Waals surface area contributed by atoms with Gasteiger partial charge in [0.05, 0.1) is 11.4 Å². The van der Waals surface area contributed by atoms with Gasteiger partial charge in [0.1, 0.15) is 11.5 Å². The van der Waals surface area contributed by atoms with Crippen molar-refractivity contribution in [3.05, 3.63) is 41.3 Å². The van der Waals surface area contributed by atoms with Gasteiger partial charge >= 0.3 is 0 Å². The monoisotopic (exact) mass is 446 g/mol. The van der Waals surface area contributed by atoms with E-state index < -0.39 is 21.5 Å². The maximum Gasteiger partial charge on any atom is 0.235 e. The number of hydrogen-bond donors (Lipinski definition) is 1. The van der Waals surface area contributed by atoms with Crippen molar-refractivity contribution in [3.63, 3.8) is 0 Å². The molecule has 1 fully saturated rings. The lowest BCUT2D eigenvalue weighted by atomic mass is 9.86. The third-order valence-corrected chi connectivity index (χ3v) is 7.40. The van der Waals surface area contributed by atoms with Gasteiger partial charge in [-0.3, -0.25) is 4.79 Å². The van der Waals surface area contributed by atoms with Crippen molar-refractivity contribution < 1.29 is 17.6 Å². The number of rotatable bonds is 10. The summed E-state index contributed by atoms with van der Waals surface area (Å²) in [5.41, 5.74) is 2.27. The molecule has 1 aliphatic rings. The van der Waals surface area contributed by atoms with Crippen LogP contribution in [0, 0.1) is 19.8 Å². The lowest BCUT2D eigenvalue weighted by molar-refractivity contribution is -0.118. The van der Waals surface area contributed by atoms with Crippen molar-refractivity contribution in [1.29, 1.82) is 0 Å². The molecule has 1 heterocycles. The van der Waals surface area contributed by atoms with Crippen LogP contribution in [0.1, 0.15) is 68.4 Å². The number of benzene rings is 1. The molecule has 0 atom stereocenters. The van der Waals surface area contributed by atoms with Gasteiger partial charge in [0.15, 0.2) is 9.84 Å². The van der Waals surface area contributed by atoms with E-state index in [2.05, 4.69) is 10.3 Å². The fourth-order valence-corrected chi connectivity index (χ4v) is 5.44. The van der Waals surface area contributed by atoms with Crippen molar-refractivity contribution in [2.75, 3.05) is 12.3 Å². The van der Waals surface area contributed by atoms with Crippen LogP contribution in [-0.4, -0.2) is 31.6 Å². The van der Waals surface area contributed by atoms with Gasteiger partial charge in [0.2, 0.25) is 11.8 Å². The number of hydrogen-bond acceptors (Lipinski definition) is 5. The van der Waals surface area contributed by atoms with E-state index >= 15 is 0 Å². The standard InChI is InChI=1S/C24H34N2O4S/c1-18-11-13-21(14-12-18)24-26-22(19(2)30-24)16-31(28,29)17-23(27)25-15-7-6-10-20-8-4-3-5-9-20/h11-14,20H,3-10,15-17H2,1-2H3,(H,25,27). The molecule has 1 saturated carbocycles. The van der Waals surface area contributed by atoms with Crippen molar-refractivity contribution in [3.8, 4) is 11.5 Å². The fourth-order valence-electron chi connectivity index (χ4n) is 4.15. The zero-order valence-corrected chi connectivity index (χ0v) is 19.5. The largest absolute Gasteiger partial charge is 0.441 e. The van der Waals surface area contributed by atoms with Crippen LogP contribution in [0.2, 0.25) is 0 Å². The molecule has 3 rings (SSSR count). The highest BCUT2D eigenvalue weighted by atomic mass is 32.2. The van der Waals surface area contributed by atoms with Gasteiger partial charge in [0.25, 0.3) is 0 Å². The van der Waals surface area contributed by atoms with Crippen LogP contribution in [0.5, 0.6) is 0 Å². The molecule has 6 nitrogen and oxygen atoms in total. The second-order valence-corrected chi connectivity index (χ2v) is 10.8. The number of amides is 1. The summed E-state index contributed by atoms with van der Waals surface area (Å²) in [7, 11) is -3.63. The molecule has 7 heteroatoms. The van der Waals surface area contributed by atoms with Gasteiger partial charge in [-0.05, 0) is 38.3 Å². The number of nitrogens with zero attached hydrogens (tertiary/aromatic N) is 1. The van der Waals surface area contributed by atoms with Crippen molar-refractivity contribution in [2.24, 2.45) is 5.92 Å². The first-order valence-electron chi connectivity index (χ1n) is 11.3. The van der Waals surface area contributed by atoms with Crippen molar-refractivity contribution >= 4 is 15.7 Å². The Hall–Kier alpha value is -2.15. The van der Waals surface area contributed by atoms with Crippen molar-refractivity contribution in [1.82, 2.24) is 10.3 Å². The second-order valence-electron chi connectivity index (χ2n) is 8.77. The van der Waals surface area contributed by atoms with Crippen LogP contribution >= 0.6 is 0 Å². The number of sulfone groups is 1. The number of unbranched alkanes of at least 4 members (excludes halogenated alkanes) is 1. The zero-order chi connectivity index (χ0) is 22.3. The van der Waals surface area contributed by atoms with Crippen LogP contribution in [0.4, 0.5) is 0 Å². The van der Waals surface area contributed by atoms with Crippen LogP contribution < -0.4 is 5.32 Å². The lowest BCUT2D eigenvalue weighted by Gasteiger charge is -2.21. The predicted molar refractivity (Wildman–Crippen MR) is 122 cm³/mol. The van der Waals surface area contributed by atoms with E-state index in [1.807, 2.05) is 31.2 Å². The molecule has 0 saturated heterocycles. The number of carbonyl (C=O) groups is 1. The first kappa shape index (κ1) is 23.5. The molecule has 0 aliphatic heterocycles. The summed E-state index contributed by atoms with van der Waals surface area (Å²) >= 11 is 0. The Morgan fingerprint density at radius 1 is 1.10 bits per heavy atom. The van der Waals surface area contributed by atoms with Crippen molar-refractivity contribution in [2.45, 2.75) is 71.0 Å². The van der Waals surface area contributed by atoms with Gasteiger partial charge in [0, 0.05) is 12.1 Å². The van der Waals surface area contributed by atoms with E-state index in [1.165, 1.54) is 38.5 Å². The highest BCUT2D eigenvalue weighted by Crippen LogP contribution is 2.27. The smallest absolute Gasteiger partial charge is 0.235 e. The molecule has 2 aromatic rings. The molecule has 170 valence electrons. The molecule has 1 aromatic heterocycles. The highest BCUT2D eigenvalue weighted by molar-refractivity contribution is 7.91. The number of aryl methyl sites for hydroxylation is 2. The van der Waals surface area contributed by atoms with Gasteiger partial charge in [-0.25, -0.2) is 13.4 Å². The van der Waals surface area contributed by atoms with Crippen LogP contribution in [-0.2, 0) is 20.4 Å². The average Bonchev–Trinajstić information content (AvgIpc) is 3.08. The van der Waals surface area contributed by atoms with Crippen LogP contribution in [0.25, 0.3) is 11.5 Å². The minimum atomic E-state index is -3.63. The molecule has 1 N–H and O–H groups in total. The molecule has 1 aromatic carbocycles. The molecule has 1 aliphatic carbocycles. The maximum atomic E-state index is 12.5. The van der Waals surface area contributed by atoms with E-state index in [0.29, 0.717) is 23.9 Å². The van der Waals surface area contributed by atoms with E-state index in [0.717, 1.165) is 29.9 Å². The Morgan fingerprint density at radius 2 is 1.81 bits per heavy atom. The first-order valence-corrected chi connectivity index (χ1v) is 13.1. The number of nitrogens with one attached hydrogen (secondary N) is 1. The predicted octanol–water partition coefficient (Wildman–Crippen LogP) is 4.74. The third kappa shape index (κ3) is 7.49. The van der Waals surface area contributed by atoms with E-state index in [9.17, 15) is 13.2 Å². The Kier molecular flexibility index (Phi) is 8.29. The second kappa shape index (κ2) is 10.9. The minimum Gasteiger partial charge on any atom is -0.441 e. The molecular formula is C24H34N2O4S. The molecule has 0 spiro atoms. The summed E-state index contributed by atoms with van der Waals surface area (Å²) in [4.78, 5) is 16.5. The summed E-state index contributed by atoms with van der Waals surface area (Å²) in [6, 6.07) is 7.68. The van der Waals surface area contributed by atoms with Gasteiger partial charge in [-0.15, -0.1) is 0 Å². The summed E-state index contributed by atoms with van der Waals surface area (Å²) < 4.78 is 30.7. The summed E-state index contributed by atoms with van der Waals surface area (Å²) in [6.45, 7) is 4.22. The molecular weight excluding hydrogens is 412 g/mol. The number of aromatic nitrogens is 1. The molecule has 1 amide bonds. The SMILES string of the molecule is Cc1ccc(-c2nc(CS(=O)(=O)CC(=O)NCCCCC3CCCCC3)c(C)o2)cc1. The third-order valence-electron chi connectivity index (χ3n) is 5.98. The Morgan fingerprint density at radius 3 is 2.52 bits per heavy atom. The normalized spacial score (nSPS) is 15.2. The van der Waals surface area contributed by atoms with Crippen LogP contribution in [0.15, 0.2) is 28.7 Å². The highest BCUT2D eigenvalue weighted by Gasteiger charge is 2.22. The topological polar surface area (TPSA) is 89.3 Å². The van der Waals surface area contributed by atoms with E-state index in [1.54, 1.807) is 6.92 Å². The molecule has 0 bridgehead atoms.